The zero-order valence-corrected chi connectivity index (χ0v) is 15.7. The maximum absolute atomic E-state index is 13.2. The van der Waals surface area contributed by atoms with Gasteiger partial charge >= 0.3 is 0 Å². The predicted octanol–water partition coefficient (Wildman–Crippen LogP) is 3.95. The topological polar surface area (TPSA) is 60.5 Å². The maximum atomic E-state index is 13.2. The molecule has 5 nitrogen and oxygen atoms in total. The summed E-state index contributed by atoms with van der Waals surface area (Å²) in [6, 6.07) is 16.7. The van der Waals surface area contributed by atoms with Gasteiger partial charge in [0.05, 0.1) is 20.3 Å². The van der Waals surface area contributed by atoms with E-state index in [4.69, 9.17) is 9.47 Å². The highest BCUT2D eigenvalue weighted by Gasteiger charge is 2.19. The van der Waals surface area contributed by atoms with Crippen molar-refractivity contribution in [1.82, 2.24) is 10.3 Å². The fourth-order valence-corrected chi connectivity index (χ4v) is 2.91. The minimum absolute atomic E-state index is 0.260. The van der Waals surface area contributed by atoms with Crippen LogP contribution in [0.2, 0.25) is 0 Å². The molecule has 1 amide bonds. The van der Waals surface area contributed by atoms with Crippen molar-refractivity contribution in [2.75, 3.05) is 14.2 Å². The summed E-state index contributed by atoms with van der Waals surface area (Å²) in [5.74, 6) is 0.390. The Morgan fingerprint density at radius 1 is 1.04 bits per heavy atom. The van der Waals surface area contributed by atoms with E-state index in [9.17, 15) is 9.18 Å². The molecule has 144 valence electrons. The van der Waals surface area contributed by atoms with Gasteiger partial charge in [-0.1, -0.05) is 24.3 Å². The lowest BCUT2D eigenvalue weighted by Gasteiger charge is -2.20. The third kappa shape index (κ3) is 4.65. The second kappa shape index (κ2) is 8.99. The summed E-state index contributed by atoms with van der Waals surface area (Å²) in [5, 5.41) is 3.03. The van der Waals surface area contributed by atoms with Gasteiger partial charge in [0.25, 0.3) is 5.91 Å². The molecule has 28 heavy (non-hydrogen) atoms. The van der Waals surface area contributed by atoms with E-state index in [1.54, 1.807) is 37.6 Å². The third-order valence-corrected chi connectivity index (χ3v) is 4.39. The Morgan fingerprint density at radius 3 is 2.39 bits per heavy atom. The molecule has 0 aliphatic carbocycles. The number of methoxy groups -OCH3 is 2. The zero-order valence-electron chi connectivity index (χ0n) is 15.7. The number of carbonyl (C=O) groups is 1. The minimum atomic E-state index is -0.325. The minimum Gasteiger partial charge on any atom is -0.497 e. The molecule has 3 aromatic rings. The Kier molecular flexibility index (Phi) is 6.22. The molecule has 6 heteroatoms. The lowest BCUT2D eigenvalue weighted by molar-refractivity contribution is 0.0932. The van der Waals surface area contributed by atoms with Crippen LogP contribution >= 0.6 is 0 Å². The van der Waals surface area contributed by atoms with E-state index in [0.29, 0.717) is 12.0 Å². The molecule has 2 aromatic carbocycles. The van der Waals surface area contributed by atoms with Gasteiger partial charge in [-0.15, -0.1) is 0 Å². The number of hydrogen-bond donors (Lipinski definition) is 1. The number of rotatable bonds is 7. The van der Waals surface area contributed by atoms with Gasteiger partial charge in [-0.05, 0) is 53.9 Å². The number of halogens is 1. The number of aromatic nitrogens is 1. The van der Waals surface area contributed by atoms with Gasteiger partial charge in [0.1, 0.15) is 17.1 Å². The molecule has 0 bridgehead atoms. The molecule has 0 fully saturated rings. The monoisotopic (exact) mass is 380 g/mol. The van der Waals surface area contributed by atoms with Crippen LogP contribution < -0.4 is 14.8 Å². The Morgan fingerprint density at radius 2 is 1.75 bits per heavy atom. The molecular formula is C22H21FN2O3. The predicted molar refractivity (Wildman–Crippen MR) is 104 cm³/mol. The summed E-state index contributed by atoms with van der Waals surface area (Å²) < 4.78 is 23.6. The summed E-state index contributed by atoms with van der Waals surface area (Å²) >= 11 is 0. The number of ether oxygens (including phenoxy) is 2. The Labute approximate surface area is 163 Å². The molecule has 1 N–H and O–H groups in total. The van der Waals surface area contributed by atoms with Gasteiger partial charge in [-0.2, -0.15) is 0 Å². The second-order valence-corrected chi connectivity index (χ2v) is 6.19. The first-order valence-electron chi connectivity index (χ1n) is 8.79. The van der Waals surface area contributed by atoms with Crippen molar-refractivity contribution in [1.29, 1.82) is 0 Å². The SMILES string of the molecule is COc1ccc(C(Cc2ccc(F)cc2)NC(=O)c2cccnc2OC)cc1. The first-order valence-corrected chi connectivity index (χ1v) is 8.79. The van der Waals surface area contributed by atoms with E-state index in [2.05, 4.69) is 10.3 Å². The highest BCUT2D eigenvalue weighted by Crippen LogP contribution is 2.23. The standard InChI is InChI=1S/C22H21FN2O3/c1-27-18-11-7-16(8-12-18)20(14-15-5-9-17(23)10-6-15)25-21(26)19-4-3-13-24-22(19)28-2/h3-13,20H,14H2,1-2H3,(H,25,26). The quantitative estimate of drug-likeness (QED) is 0.674. The molecular weight excluding hydrogens is 359 g/mol. The molecule has 0 saturated carbocycles. The number of hydrogen-bond acceptors (Lipinski definition) is 4. The molecule has 0 aliphatic rings. The molecule has 0 radical (unpaired) electrons. The van der Waals surface area contributed by atoms with Crippen molar-refractivity contribution in [3.8, 4) is 11.6 Å². The van der Waals surface area contributed by atoms with Crippen LogP contribution in [0.4, 0.5) is 4.39 Å². The average molecular weight is 380 g/mol. The van der Waals surface area contributed by atoms with Crippen molar-refractivity contribution < 1.29 is 18.7 Å². The van der Waals surface area contributed by atoms with Crippen molar-refractivity contribution in [2.24, 2.45) is 0 Å². The Hall–Kier alpha value is -3.41. The molecule has 0 saturated heterocycles. The van der Waals surface area contributed by atoms with Crippen LogP contribution in [0.15, 0.2) is 66.9 Å². The summed E-state index contributed by atoms with van der Waals surface area (Å²) in [7, 11) is 3.07. The Bertz CT molecular complexity index is 927. The van der Waals surface area contributed by atoms with E-state index in [1.807, 2.05) is 24.3 Å². The molecule has 1 aromatic heterocycles. The van der Waals surface area contributed by atoms with Gasteiger partial charge in [0, 0.05) is 6.20 Å². The number of nitrogens with zero attached hydrogens (tertiary/aromatic N) is 1. The van der Waals surface area contributed by atoms with E-state index in [1.165, 1.54) is 19.2 Å². The van der Waals surface area contributed by atoms with Gasteiger partial charge in [-0.3, -0.25) is 4.79 Å². The van der Waals surface area contributed by atoms with Crippen LogP contribution in [0.3, 0.4) is 0 Å². The normalized spacial score (nSPS) is 11.5. The van der Waals surface area contributed by atoms with Crippen LogP contribution in [-0.2, 0) is 6.42 Å². The molecule has 3 rings (SSSR count). The fraction of sp³-hybridized carbons (Fsp3) is 0.182. The highest BCUT2D eigenvalue weighted by molar-refractivity contribution is 5.96. The van der Waals surface area contributed by atoms with Crippen LogP contribution in [0.1, 0.15) is 27.5 Å². The molecule has 0 aliphatic heterocycles. The van der Waals surface area contributed by atoms with Gasteiger partial charge in [-0.25, -0.2) is 9.37 Å². The summed E-state index contributed by atoms with van der Waals surface area (Å²) in [6.07, 6.45) is 2.07. The van der Waals surface area contributed by atoms with Gasteiger partial charge in [0.15, 0.2) is 0 Å². The molecule has 1 heterocycles. The van der Waals surface area contributed by atoms with Crippen molar-refractivity contribution >= 4 is 5.91 Å². The number of benzene rings is 2. The van der Waals surface area contributed by atoms with E-state index < -0.39 is 0 Å². The van der Waals surface area contributed by atoms with Crippen molar-refractivity contribution in [3.63, 3.8) is 0 Å². The zero-order chi connectivity index (χ0) is 19.9. The summed E-state index contributed by atoms with van der Waals surface area (Å²) in [4.78, 5) is 16.9. The van der Waals surface area contributed by atoms with Crippen LogP contribution in [0.5, 0.6) is 11.6 Å². The molecule has 1 unspecified atom stereocenters. The lowest BCUT2D eigenvalue weighted by Crippen LogP contribution is -2.30. The van der Waals surface area contributed by atoms with Crippen molar-refractivity contribution in [3.05, 3.63) is 89.4 Å². The smallest absolute Gasteiger partial charge is 0.257 e. The van der Waals surface area contributed by atoms with E-state index in [0.717, 1.165) is 16.9 Å². The first kappa shape index (κ1) is 19.4. The lowest BCUT2D eigenvalue weighted by atomic mass is 9.98. The number of nitrogens with one attached hydrogen (secondary N) is 1. The average Bonchev–Trinajstić information content (AvgIpc) is 2.74. The Balaban J connectivity index is 1.88. The van der Waals surface area contributed by atoms with Crippen molar-refractivity contribution in [2.45, 2.75) is 12.5 Å². The summed E-state index contributed by atoms with van der Waals surface area (Å²) in [6.45, 7) is 0. The highest BCUT2D eigenvalue weighted by atomic mass is 19.1. The maximum Gasteiger partial charge on any atom is 0.257 e. The largest absolute Gasteiger partial charge is 0.497 e. The van der Waals surface area contributed by atoms with E-state index >= 15 is 0 Å². The molecule has 1 atom stereocenters. The number of amides is 1. The van der Waals surface area contributed by atoms with E-state index in [-0.39, 0.29) is 23.6 Å². The second-order valence-electron chi connectivity index (χ2n) is 6.19. The van der Waals surface area contributed by atoms with Crippen LogP contribution in [-0.4, -0.2) is 25.1 Å². The van der Waals surface area contributed by atoms with Crippen LogP contribution in [0.25, 0.3) is 0 Å². The van der Waals surface area contributed by atoms with Gasteiger partial charge < -0.3 is 14.8 Å². The third-order valence-electron chi connectivity index (χ3n) is 4.39. The fourth-order valence-electron chi connectivity index (χ4n) is 2.91. The summed E-state index contributed by atoms with van der Waals surface area (Å²) in [5.41, 5.74) is 2.16. The first-order chi connectivity index (χ1) is 13.6. The number of carbonyl (C=O) groups excluding carboxylic acids is 1. The van der Waals surface area contributed by atoms with Crippen LogP contribution in [0, 0.1) is 5.82 Å². The number of pyridine rings is 1. The van der Waals surface area contributed by atoms with Gasteiger partial charge in [0.2, 0.25) is 5.88 Å². The molecule has 0 spiro atoms.